The highest BCUT2D eigenvalue weighted by Gasteiger charge is 2.41. The molecule has 0 bridgehead atoms. The molecule has 14 heteroatoms. The first-order chi connectivity index (χ1) is 25.2. The topological polar surface area (TPSA) is 211 Å². The minimum absolute atomic E-state index is 0.0306. The van der Waals surface area contributed by atoms with E-state index in [2.05, 4.69) is 16.0 Å². The fourth-order valence-electron chi connectivity index (χ4n) is 7.01. The molecule has 5 amide bonds. The van der Waals surface area contributed by atoms with Crippen LogP contribution in [-0.4, -0.2) is 105 Å². The average Bonchev–Trinajstić information content (AvgIpc) is 3.82. The molecular formula is C39H54N6O8. The van der Waals surface area contributed by atoms with Crippen LogP contribution in [0.4, 0.5) is 0 Å². The number of nitrogens with two attached hydrogens (primary N) is 1. The summed E-state index contributed by atoms with van der Waals surface area (Å²) < 4.78 is 0. The molecule has 14 nitrogen and oxygen atoms in total. The monoisotopic (exact) mass is 734 g/mol. The van der Waals surface area contributed by atoms with Gasteiger partial charge in [-0.15, -0.1) is 0 Å². The summed E-state index contributed by atoms with van der Waals surface area (Å²) in [6, 6.07) is 9.52. The lowest BCUT2D eigenvalue weighted by Crippen LogP contribution is -2.60. The molecule has 0 aromatic heterocycles. The maximum absolute atomic E-state index is 13.9. The molecule has 0 radical (unpaired) electrons. The van der Waals surface area contributed by atoms with Gasteiger partial charge in [-0.2, -0.15) is 0 Å². The molecule has 2 aromatic carbocycles. The fourth-order valence-corrected chi connectivity index (χ4v) is 7.01. The molecule has 0 aliphatic carbocycles. The van der Waals surface area contributed by atoms with Crippen molar-refractivity contribution in [1.29, 1.82) is 0 Å². The Hall–Kier alpha value is -4.98. The number of amides is 5. The van der Waals surface area contributed by atoms with E-state index in [-0.39, 0.29) is 49.9 Å². The predicted molar refractivity (Wildman–Crippen MR) is 197 cm³/mol. The Morgan fingerprint density at radius 2 is 1.32 bits per heavy atom. The van der Waals surface area contributed by atoms with Crippen LogP contribution in [0.5, 0.6) is 5.75 Å². The summed E-state index contributed by atoms with van der Waals surface area (Å²) in [6.07, 6.45) is 2.31. The van der Waals surface area contributed by atoms with Crippen molar-refractivity contribution in [2.75, 3.05) is 13.1 Å². The van der Waals surface area contributed by atoms with Crippen LogP contribution in [0.3, 0.4) is 0 Å². The molecular weight excluding hydrogens is 680 g/mol. The molecule has 53 heavy (non-hydrogen) atoms. The number of carbonyl (C=O) groups is 6. The van der Waals surface area contributed by atoms with E-state index in [1.807, 2.05) is 44.2 Å². The van der Waals surface area contributed by atoms with E-state index in [4.69, 9.17) is 5.73 Å². The Morgan fingerprint density at radius 3 is 1.91 bits per heavy atom. The van der Waals surface area contributed by atoms with Gasteiger partial charge in [0, 0.05) is 19.5 Å². The van der Waals surface area contributed by atoms with Crippen molar-refractivity contribution in [3.8, 4) is 5.75 Å². The Kier molecular flexibility index (Phi) is 14.4. The smallest absolute Gasteiger partial charge is 0.326 e. The molecule has 2 fully saturated rings. The minimum atomic E-state index is -1.10. The van der Waals surface area contributed by atoms with Gasteiger partial charge in [-0.25, -0.2) is 4.79 Å². The van der Waals surface area contributed by atoms with E-state index in [0.29, 0.717) is 25.7 Å². The summed E-state index contributed by atoms with van der Waals surface area (Å²) in [4.78, 5) is 83.4. The summed E-state index contributed by atoms with van der Waals surface area (Å²) in [7, 11) is 0. The van der Waals surface area contributed by atoms with Gasteiger partial charge in [0.2, 0.25) is 29.5 Å². The van der Waals surface area contributed by atoms with Gasteiger partial charge in [0.05, 0.1) is 6.04 Å². The minimum Gasteiger partial charge on any atom is -0.508 e. The van der Waals surface area contributed by atoms with Gasteiger partial charge in [-0.1, -0.05) is 70.2 Å². The lowest BCUT2D eigenvalue weighted by atomic mass is 9.99. The zero-order chi connectivity index (χ0) is 38.8. The van der Waals surface area contributed by atoms with E-state index in [9.17, 15) is 39.0 Å². The molecule has 0 unspecified atom stereocenters. The standard InChI is InChI=1S/C39H54N6O8/c1-23(2)20-29(35(48)42-30(22-25-10-6-5-7-11-25)37(50)45-19-9-13-32(45)39(52)53)41-36(49)31-12-8-18-44(31)38(51)33(24(3)4)43-34(47)28(40)21-26-14-16-27(46)17-15-26/h5-7,10-11,14-17,23-24,28-33,46H,8-9,12-13,18-22,40H2,1-4H3,(H,41,49)(H,42,48)(H,43,47)(H,52,53)/t28-,29-,30-,31+,32-,33-/m0/s1. The first kappa shape index (κ1) is 40.8. The van der Waals surface area contributed by atoms with Crippen molar-refractivity contribution in [2.45, 2.75) is 109 Å². The molecule has 2 saturated heterocycles. The van der Waals surface area contributed by atoms with Crippen LogP contribution < -0.4 is 21.7 Å². The number of hydrogen-bond donors (Lipinski definition) is 6. The van der Waals surface area contributed by atoms with E-state index in [0.717, 1.165) is 11.1 Å². The number of carboxylic acid groups (broad SMARTS) is 1. The third kappa shape index (κ3) is 11.0. The molecule has 2 aliphatic heterocycles. The molecule has 4 rings (SSSR count). The summed E-state index contributed by atoms with van der Waals surface area (Å²) in [6.45, 7) is 7.91. The third-order valence-corrected chi connectivity index (χ3v) is 9.86. The molecule has 2 heterocycles. The zero-order valence-corrected chi connectivity index (χ0v) is 31.0. The number of phenols is 1. The quantitative estimate of drug-likeness (QED) is 0.148. The average molecular weight is 735 g/mol. The second kappa shape index (κ2) is 18.7. The first-order valence-electron chi connectivity index (χ1n) is 18.5. The number of aliphatic carboxylic acids is 1. The van der Waals surface area contributed by atoms with E-state index >= 15 is 0 Å². The number of nitrogens with zero attached hydrogens (tertiary/aromatic N) is 2. The number of likely N-dealkylation sites (tertiary alicyclic amines) is 2. The van der Waals surface area contributed by atoms with Gasteiger partial charge in [0.15, 0.2) is 0 Å². The van der Waals surface area contributed by atoms with Crippen molar-refractivity contribution in [3.63, 3.8) is 0 Å². The molecule has 0 spiro atoms. The van der Waals surface area contributed by atoms with Crippen LogP contribution in [0.1, 0.15) is 70.9 Å². The van der Waals surface area contributed by atoms with Crippen molar-refractivity contribution < 1.29 is 39.0 Å². The number of carbonyl (C=O) groups excluding carboxylic acids is 5. The Morgan fingerprint density at radius 1 is 0.736 bits per heavy atom. The lowest BCUT2D eigenvalue weighted by Gasteiger charge is -2.32. The Balaban J connectivity index is 1.47. The van der Waals surface area contributed by atoms with Gasteiger partial charge in [0.1, 0.15) is 36.0 Å². The lowest BCUT2D eigenvalue weighted by molar-refractivity contribution is -0.149. The third-order valence-electron chi connectivity index (χ3n) is 9.86. The number of aromatic hydroxyl groups is 1. The van der Waals surface area contributed by atoms with Gasteiger partial charge in [0.25, 0.3) is 0 Å². The number of benzene rings is 2. The molecule has 6 atom stereocenters. The summed E-state index contributed by atoms with van der Waals surface area (Å²) in [5.74, 6) is -3.93. The van der Waals surface area contributed by atoms with Crippen molar-refractivity contribution in [1.82, 2.24) is 25.8 Å². The normalized spacial score (nSPS) is 19.4. The van der Waals surface area contributed by atoms with E-state index in [1.54, 1.807) is 26.0 Å². The predicted octanol–water partition coefficient (Wildman–Crippen LogP) is 1.73. The highest BCUT2D eigenvalue weighted by molar-refractivity contribution is 5.97. The molecule has 288 valence electrons. The number of hydrogen-bond acceptors (Lipinski definition) is 8. The van der Waals surface area contributed by atoms with Crippen LogP contribution in [0.15, 0.2) is 54.6 Å². The zero-order valence-electron chi connectivity index (χ0n) is 31.0. The van der Waals surface area contributed by atoms with E-state index < -0.39 is 71.8 Å². The SMILES string of the molecule is CC(C)C[C@H](NC(=O)[C@H]1CCCN1C(=O)[C@@H](NC(=O)[C@@H](N)Cc1ccc(O)cc1)C(C)C)C(=O)N[C@@H](Cc1ccccc1)C(=O)N1CCC[C@H]1C(=O)O. The van der Waals surface area contributed by atoms with Gasteiger partial charge in [-0.3, -0.25) is 24.0 Å². The second-order valence-corrected chi connectivity index (χ2v) is 14.9. The summed E-state index contributed by atoms with van der Waals surface area (Å²) >= 11 is 0. The number of phenolic OH excluding ortho intramolecular Hbond substituents is 1. The maximum atomic E-state index is 13.9. The van der Waals surface area contributed by atoms with Crippen LogP contribution in [-0.2, 0) is 41.6 Å². The van der Waals surface area contributed by atoms with Gasteiger partial charge in [-0.05, 0) is 73.6 Å². The summed E-state index contributed by atoms with van der Waals surface area (Å²) in [5, 5.41) is 27.8. The van der Waals surface area contributed by atoms with Crippen LogP contribution in [0, 0.1) is 11.8 Å². The van der Waals surface area contributed by atoms with Crippen LogP contribution >= 0.6 is 0 Å². The Labute approximate surface area is 310 Å². The Bertz CT molecular complexity index is 1600. The van der Waals surface area contributed by atoms with E-state index in [1.165, 1.54) is 21.9 Å². The van der Waals surface area contributed by atoms with Crippen molar-refractivity contribution in [2.24, 2.45) is 17.6 Å². The second-order valence-electron chi connectivity index (χ2n) is 14.9. The van der Waals surface area contributed by atoms with Crippen LogP contribution in [0.2, 0.25) is 0 Å². The van der Waals surface area contributed by atoms with Gasteiger partial charge < -0.3 is 41.7 Å². The molecule has 0 saturated carbocycles. The number of carboxylic acids is 1. The number of nitrogens with one attached hydrogen (secondary N) is 3. The fraction of sp³-hybridized carbons (Fsp3) is 0.538. The summed E-state index contributed by atoms with van der Waals surface area (Å²) in [5.41, 5.74) is 7.70. The highest BCUT2D eigenvalue weighted by atomic mass is 16.4. The van der Waals surface area contributed by atoms with Crippen LogP contribution in [0.25, 0.3) is 0 Å². The largest absolute Gasteiger partial charge is 0.508 e. The first-order valence-corrected chi connectivity index (χ1v) is 18.5. The highest BCUT2D eigenvalue weighted by Crippen LogP contribution is 2.23. The maximum Gasteiger partial charge on any atom is 0.326 e. The van der Waals surface area contributed by atoms with Crippen molar-refractivity contribution in [3.05, 3.63) is 65.7 Å². The van der Waals surface area contributed by atoms with Crippen molar-refractivity contribution >= 4 is 35.5 Å². The number of rotatable bonds is 16. The molecule has 7 N–H and O–H groups in total. The molecule has 2 aliphatic rings. The van der Waals surface area contributed by atoms with Gasteiger partial charge >= 0.3 is 5.97 Å². The molecule has 2 aromatic rings.